The van der Waals surface area contributed by atoms with Crippen molar-refractivity contribution in [3.05, 3.63) is 42.5 Å². The molecular weight excluding hydrogens is 346 g/mol. The summed E-state index contributed by atoms with van der Waals surface area (Å²) >= 11 is 1.77. The first kappa shape index (κ1) is 17.6. The number of piperidine rings is 2. The van der Waals surface area contributed by atoms with E-state index in [1.165, 1.54) is 51.5 Å². The molecule has 4 heterocycles. The fourth-order valence-electron chi connectivity index (χ4n) is 4.15. The molecule has 6 heteroatoms. The number of pyridine rings is 1. The lowest BCUT2D eigenvalue weighted by atomic mass is 9.85. The molecular formula is C20H25N3O2S. The maximum atomic E-state index is 12.3. The number of carbonyl (C=O) groups excluding carboxylic acids is 1. The van der Waals surface area contributed by atoms with Crippen molar-refractivity contribution in [3.8, 4) is 0 Å². The SMILES string of the molecule is O=C(Nc1cccnc1SCC1CCCN2CCCCC12)c1ccco1. The molecule has 4 rings (SSSR count). The number of fused-ring (bicyclic) bond motifs is 1. The smallest absolute Gasteiger partial charge is 0.291 e. The third kappa shape index (κ3) is 3.96. The number of furan rings is 1. The van der Waals surface area contributed by atoms with Crippen LogP contribution in [-0.2, 0) is 0 Å². The molecule has 0 saturated carbocycles. The van der Waals surface area contributed by atoms with Crippen molar-refractivity contribution in [2.75, 3.05) is 24.2 Å². The average molecular weight is 372 g/mol. The van der Waals surface area contributed by atoms with Gasteiger partial charge in [-0.25, -0.2) is 4.98 Å². The van der Waals surface area contributed by atoms with Crippen molar-refractivity contribution in [2.24, 2.45) is 5.92 Å². The first-order valence-electron chi connectivity index (χ1n) is 9.48. The average Bonchev–Trinajstić information content (AvgIpc) is 3.22. The van der Waals surface area contributed by atoms with Crippen LogP contribution in [0, 0.1) is 5.92 Å². The van der Waals surface area contributed by atoms with E-state index in [9.17, 15) is 4.79 Å². The van der Waals surface area contributed by atoms with Crippen molar-refractivity contribution in [3.63, 3.8) is 0 Å². The third-order valence-electron chi connectivity index (χ3n) is 5.43. The molecule has 2 fully saturated rings. The first-order valence-corrected chi connectivity index (χ1v) is 10.5. The van der Waals surface area contributed by atoms with Gasteiger partial charge in [-0.05, 0) is 69.0 Å². The van der Waals surface area contributed by atoms with Crippen molar-refractivity contribution in [2.45, 2.75) is 43.2 Å². The number of aromatic nitrogens is 1. The van der Waals surface area contributed by atoms with Crippen LogP contribution in [0.3, 0.4) is 0 Å². The molecule has 0 spiro atoms. The quantitative estimate of drug-likeness (QED) is 0.795. The van der Waals surface area contributed by atoms with Crippen LogP contribution >= 0.6 is 11.8 Å². The van der Waals surface area contributed by atoms with Gasteiger partial charge in [0.15, 0.2) is 5.76 Å². The second kappa shape index (κ2) is 8.27. The molecule has 138 valence electrons. The number of hydrogen-bond donors (Lipinski definition) is 1. The fraction of sp³-hybridized carbons (Fsp3) is 0.500. The van der Waals surface area contributed by atoms with Gasteiger partial charge in [-0.1, -0.05) is 6.42 Å². The van der Waals surface area contributed by atoms with Crippen molar-refractivity contribution >= 4 is 23.4 Å². The normalized spacial score (nSPS) is 23.4. The summed E-state index contributed by atoms with van der Waals surface area (Å²) in [6.45, 7) is 2.53. The minimum Gasteiger partial charge on any atom is -0.459 e. The van der Waals surface area contributed by atoms with E-state index < -0.39 is 0 Å². The van der Waals surface area contributed by atoms with Crippen LogP contribution in [0.2, 0.25) is 0 Å². The monoisotopic (exact) mass is 371 g/mol. The Labute approximate surface area is 158 Å². The molecule has 2 aliphatic heterocycles. The molecule has 1 N–H and O–H groups in total. The van der Waals surface area contributed by atoms with E-state index in [1.54, 1.807) is 30.1 Å². The zero-order valence-electron chi connectivity index (χ0n) is 14.9. The van der Waals surface area contributed by atoms with Gasteiger partial charge in [-0.2, -0.15) is 0 Å². The molecule has 0 radical (unpaired) electrons. The predicted molar refractivity (Wildman–Crippen MR) is 104 cm³/mol. The molecule has 0 bridgehead atoms. The van der Waals surface area contributed by atoms with Gasteiger partial charge in [0.2, 0.25) is 0 Å². The zero-order valence-corrected chi connectivity index (χ0v) is 15.7. The minimum absolute atomic E-state index is 0.235. The summed E-state index contributed by atoms with van der Waals surface area (Å²) in [5.41, 5.74) is 0.759. The maximum absolute atomic E-state index is 12.3. The van der Waals surface area contributed by atoms with Gasteiger partial charge in [-0.15, -0.1) is 11.8 Å². The Morgan fingerprint density at radius 1 is 1.23 bits per heavy atom. The lowest BCUT2D eigenvalue weighted by Gasteiger charge is -2.44. The summed E-state index contributed by atoms with van der Waals surface area (Å²) in [6.07, 6.45) is 9.93. The lowest BCUT2D eigenvalue weighted by Crippen LogP contribution is -2.48. The van der Waals surface area contributed by atoms with Gasteiger partial charge in [0.25, 0.3) is 5.91 Å². The van der Waals surface area contributed by atoms with E-state index in [0.29, 0.717) is 11.7 Å². The second-order valence-electron chi connectivity index (χ2n) is 7.10. The summed E-state index contributed by atoms with van der Waals surface area (Å²) in [5, 5.41) is 3.82. The van der Waals surface area contributed by atoms with Crippen molar-refractivity contribution in [1.82, 2.24) is 9.88 Å². The molecule has 0 aromatic carbocycles. The Morgan fingerprint density at radius 3 is 3.04 bits per heavy atom. The summed E-state index contributed by atoms with van der Waals surface area (Å²) in [5.74, 6) is 1.85. The molecule has 2 aliphatic rings. The van der Waals surface area contributed by atoms with Crippen LogP contribution in [-0.4, -0.2) is 40.7 Å². The minimum atomic E-state index is -0.235. The van der Waals surface area contributed by atoms with E-state index >= 15 is 0 Å². The van der Waals surface area contributed by atoms with Gasteiger partial charge < -0.3 is 14.6 Å². The summed E-state index contributed by atoms with van der Waals surface area (Å²) in [6, 6.07) is 7.87. The second-order valence-corrected chi connectivity index (χ2v) is 8.11. The summed E-state index contributed by atoms with van der Waals surface area (Å²) < 4.78 is 5.18. The van der Waals surface area contributed by atoms with E-state index in [1.807, 2.05) is 12.1 Å². The number of hydrogen-bond acceptors (Lipinski definition) is 5. The molecule has 26 heavy (non-hydrogen) atoms. The van der Waals surface area contributed by atoms with E-state index in [4.69, 9.17) is 4.42 Å². The number of anilines is 1. The highest BCUT2D eigenvalue weighted by atomic mass is 32.2. The Bertz CT molecular complexity index is 732. The summed E-state index contributed by atoms with van der Waals surface area (Å²) in [7, 11) is 0. The van der Waals surface area contributed by atoms with Crippen molar-refractivity contribution < 1.29 is 9.21 Å². The van der Waals surface area contributed by atoms with Crippen LogP contribution in [0.15, 0.2) is 46.2 Å². The number of nitrogens with one attached hydrogen (secondary N) is 1. The Morgan fingerprint density at radius 2 is 2.15 bits per heavy atom. The Balaban J connectivity index is 1.41. The van der Waals surface area contributed by atoms with Gasteiger partial charge >= 0.3 is 0 Å². The van der Waals surface area contributed by atoms with Gasteiger partial charge in [0, 0.05) is 18.0 Å². The number of thioether (sulfide) groups is 1. The molecule has 2 aromatic rings. The van der Waals surface area contributed by atoms with E-state index in [0.717, 1.165) is 22.5 Å². The largest absolute Gasteiger partial charge is 0.459 e. The standard InChI is InChI=1S/C20H25N3O2S/c24-19(18-9-5-13-25-18)22-16-7-3-10-21-20(16)26-14-15-6-4-12-23-11-2-1-8-17(15)23/h3,5,7,9-10,13,15,17H,1-2,4,6,8,11-12,14H2,(H,22,24). The highest BCUT2D eigenvalue weighted by molar-refractivity contribution is 7.99. The van der Waals surface area contributed by atoms with Gasteiger partial charge in [0.1, 0.15) is 5.03 Å². The Hall–Kier alpha value is -1.79. The number of amides is 1. The van der Waals surface area contributed by atoms with Gasteiger partial charge in [0.05, 0.1) is 12.0 Å². The van der Waals surface area contributed by atoms with Crippen LogP contribution in [0.25, 0.3) is 0 Å². The molecule has 0 aliphatic carbocycles. The van der Waals surface area contributed by atoms with E-state index in [2.05, 4.69) is 15.2 Å². The van der Waals surface area contributed by atoms with Crippen molar-refractivity contribution in [1.29, 1.82) is 0 Å². The summed E-state index contributed by atoms with van der Waals surface area (Å²) in [4.78, 5) is 19.5. The number of carbonyl (C=O) groups is 1. The molecule has 1 amide bonds. The van der Waals surface area contributed by atoms with Crippen LogP contribution in [0.4, 0.5) is 5.69 Å². The number of rotatable bonds is 5. The van der Waals surface area contributed by atoms with Crippen LogP contribution in [0.1, 0.15) is 42.7 Å². The molecule has 2 aromatic heterocycles. The predicted octanol–water partition coefficient (Wildman–Crippen LogP) is 4.28. The Kier molecular flexibility index (Phi) is 5.60. The highest BCUT2D eigenvalue weighted by Gasteiger charge is 2.33. The fourth-order valence-corrected chi connectivity index (χ4v) is 5.32. The molecule has 5 nitrogen and oxygen atoms in total. The molecule has 2 atom stereocenters. The van der Waals surface area contributed by atoms with Crippen LogP contribution < -0.4 is 5.32 Å². The zero-order chi connectivity index (χ0) is 17.8. The topological polar surface area (TPSA) is 58.4 Å². The van der Waals surface area contributed by atoms with Gasteiger partial charge in [-0.3, -0.25) is 4.79 Å². The first-order chi connectivity index (χ1) is 12.8. The lowest BCUT2D eigenvalue weighted by molar-refractivity contribution is 0.0693. The molecule has 2 saturated heterocycles. The number of nitrogens with zero attached hydrogens (tertiary/aromatic N) is 2. The molecule has 2 unspecified atom stereocenters. The third-order valence-corrected chi connectivity index (χ3v) is 6.62. The maximum Gasteiger partial charge on any atom is 0.291 e. The van der Waals surface area contributed by atoms with Crippen LogP contribution in [0.5, 0.6) is 0 Å². The van der Waals surface area contributed by atoms with E-state index in [-0.39, 0.29) is 5.91 Å². The highest BCUT2D eigenvalue weighted by Crippen LogP contribution is 2.35.